The van der Waals surface area contributed by atoms with Crippen LogP contribution in [0, 0.1) is 0 Å². The molecular weight excluding hydrogens is 352 g/mol. The first-order chi connectivity index (χ1) is 13.7. The van der Waals surface area contributed by atoms with Gasteiger partial charge in [-0.15, -0.1) is 0 Å². The number of anilines is 3. The van der Waals surface area contributed by atoms with Crippen LogP contribution in [0.4, 0.5) is 17.1 Å². The molecule has 0 spiro atoms. The molecule has 6 nitrogen and oxygen atoms in total. The number of pyridine rings is 1. The molecule has 1 unspecified atom stereocenters. The monoisotopic (exact) mass is 376 g/mol. The normalized spacial score (nSPS) is 17.3. The first-order valence-corrected chi connectivity index (χ1v) is 9.40. The van der Waals surface area contributed by atoms with E-state index in [0.717, 1.165) is 36.5 Å². The van der Waals surface area contributed by atoms with Gasteiger partial charge in [0.2, 0.25) is 0 Å². The third kappa shape index (κ3) is 4.18. The highest BCUT2D eigenvalue weighted by atomic mass is 16.5. The third-order valence-corrected chi connectivity index (χ3v) is 4.91. The van der Waals surface area contributed by atoms with Crippen LogP contribution < -0.4 is 20.7 Å². The predicted octanol–water partition coefficient (Wildman–Crippen LogP) is 3.42. The second kappa shape index (κ2) is 8.19. The summed E-state index contributed by atoms with van der Waals surface area (Å²) in [6, 6.07) is 19.1. The van der Waals surface area contributed by atoms with Gasteiger partial charge in [0.1, 0.15) is 11.9 Å². The standard InChI is InChI=1S/C22H24N4O2/c23-20-5-1-2-6-21(20)25-22(27)16-7-9-17(10-8-16)26-13-11-19(15-26)28-18-4-3-12-24-14-18/h1-10,12,14,19,22,25,27H,11,13,15,23H2/t19-,22?/m0/s1. The quantitative estimate of drug-likeness (QED) is 0.452. The molecule has 1 fully saturated rings. The molecule has 6 heteroatoms. The van der Waals surface area contributed by atoms with Crippen LogP contribution in [0.1, 0.15) is 18.2 Å². The highest BCUT2D eigenvalue weighted by molar-refractivity contribution is 5.66. The topological polar surface area (TPSA) is 83.6 Å². The van der Waals surface area contributed by atoms with Crippen molar-refractivity contribution in [3.63, 3.8) is 0 Å². The maximum Gasteiger partial charge on any atom is 0.150 e. The third-order valence-electron chi connectivity index (χ3n) is 4.91. The summed E-state index contributed by atoms with van der Waals surface area (Å²) in [6.45, 7) is 1.77. The zero-order chi connectivity index (χ0) is 19.3. The van der Waals surface area contributed by atoms with Crippen molar-refractivity contribution in [2.24, 2.45) is 0 Å². The lowest BCUT2D eigenvalue weighted by Gasteiger charge is -2.21. The Morgan fingerprint density at radius 2 is 1.93 bits per heavy atom. The van der Waals surface area contributed by atoms with E-state index >= 15 is 0 Å². The molecule has 0 saturated carbocycles. The van der Waals surface area contributed by atoms with Crippen molar-refractivity contribution in [2.75, 3.05) is 29.0 Å². The van der Waals surface area contributed by atoms with E-state index in [0.29, 0.717) is 11.4 Å². The van der Waals surface area contributed by atoms with E-state index in [1.807, 2.05) is 54.6 Å². The van der Waals surface area contributed by atoms with Crippen LogP contribution in [0.15, 0.2) is 73.1 Å². The Hall–Kier alpha value is -3.25. The van der Waals surface area contributed by atoms with Gasteiger partial charge in [-0.1, -0.05) is 24.3 Å². The van der Waals surface area contributed by atoms with E-state index in [1.165, 1.54) is 0 Å². The van der Waals surface area contributed by atoms with Gasteiger partial charge in [0.15, 0.2) is 6.23 Å². The van der Waals surface area contributed by atoms with E-state index in [4.69, 9.17) is 10.5 Å². The molecule has 144 valence electrons. The fourth-order valence-electron chi connectivity index (χ4n) is 3.39. The van der Waals surface area contributed by atoms with Crippen molar-refractivity contribution >= 4 is 17.1 Å². The predicted molar refractivity (Wildman–Crippen MR) is 111 cm³/mol. The molecule has 4 N–H and O–H groups in total. The smallest absolute Gasteiger partial charge is 0.150 e. The molecule has 1 aliphatic heterocycles. The second-order valence-electron chi connectivity index (χ2n) is 6.89. The molecule has 2 aromatic carbocycles. The Balaban J connectivity index is 1.36. The molecule has 1 saturated heterocycles. The number of hydrogen-bond acceptors (Lipinski definition) is 6. The van der Waals surface area contributed by atoms with Crippen molar-refractivity contribution < 1.29 is 9.84 Å². The molecule has 28 heavy (non-hydrogen) atoms. The van der Waals surface area contributed by atoms with Crippen LogP contribution in [-0.4, -0.2) is 29.3 Å². The van der Waals surface area contributed by atoms with Gasteiger partial charge in [-0.3, -0.25) is 4.98 Å². The average molecular weight is 376 g/mol. The summed E-state index contributed by atoms with van der Waals surface area (Å²) in [5.74, 6) is 0.805. The van der Waals surface area contributed by atoms with Gasteiger partial charge >= 0.3 is 0 Å². The second-order valence-corrected chi connectivity index (χ2v) is 6.89. The lowest BCUT2D eigenvalue weighted by molar-refractivity contribution is 0.208. The van der Waals surface area contributed by atoms with Crippen LogP contribution in [0.2, 0.25) is 0 Å². The summed E-state index contributed by atoms with van der Waals surface area (Å²) in [4.78, 5) is 6.38. The Bertz CT molecular complexity index is 902. The molecule has 0 aliphatic carbocycles. The Labute approximate surface area is 164 Å². The fraction of sp³-hybridized carbons (Fsp3) is 0.227. The molecule has 3 aromatic rings. The van der Waals surface area contributed by atoms with Crippen molar-refractivity contribution in [1.82, 2.24) is 4.98 Å². The minimum atomic E-state index is -0.820. The Kier molecular flexibility index (Phi) is 5.30. The number of hydrogen-bond donors (Lipinski definition) is 3. The van der Waals surface area contributed by atoms with E-state index in [2.05, 4.69) is 15.2 Å². The number of nitrogens with two attached hydrogens (primary N) is 1. The summed E-state index contributed by atoms with van der Waals surface area (Å²) in [7, 11) is 0. The first kappa shape index (κ1) is 18.1. The van der Waals surface area contributed by atoms with Crippen LogP contribution in [0.3, 0.4) is 0 Å². The minimum Gasteiger partial charge on any atom is -0.487 e. The van der Waals surface area contributed by atoms with Crippen LogP contribution in [0.5, 0.6) is 5.75 Å². The van der Waals surface area contributed by atoms with Gasteiger partial charge in [-0.25, -0.2) is 0 Å². The molecule has 4 rings (SSSR count). The van der Waals surface area contributed by atoms with Crippen LogP contribution in [0.25, 0.3) is 0 Å². The van der Waals surface area contributed by atoms with Crippen LogP contribution >= 0.6 is 0 Å². The highest BCUT2D eigenvalue weighted by Crippen LogP contribution is 2.27. The SMILES string of the molecule is Nc1ccccc1NC(O)c1ccc(N2CC[C@H](Oc3cccnc3)C2)cc1. The summed E-state index contributed by atoms with van der Waals surface area (Å²) in [5.41, 5.74) is 9.15. The number of nitrogens with one attached hydrogen (secondary N) is 1. The number of aliphatic hydroxyl groups is 1. The number of ether oxygens (including phenoxy) is 1. The molecule has 0 bridgehead atoms. The number of nitrogens with zero attached hydrogens (tertiary/aromatic N) is 2. The number of para-hydroxylation sites is 2. The molecule has 1 aromatic heterocycles. The van der Waals surface area contributed by atoms with Gasteiger partial charge in [-0.2, -0.15) is 0 Å². The maximum atomic E-state index is 10.5. The lowest BCUT2D eigenvalue weighted by Crippen LogP contribution is -2.24. The number of rotatable bonds is 6. The molecule has 0 radical (unpaired) electrons. The van der Waals surface area contributed by atoms with Gasteiger partial charge in [0.25, 0.3) is 0 Å². The Morgan fingerprint density at radius 3 is 2.68 bits per heavy atom. The number of benzene rings is 2. The Morgan fingerprint density at radius 1 is 1.11 bits per heavy atom. The number of aliphatic hydroxyl groups excluding tert-OH is 1. The van der Waals surface area contributed by atoms with Gasteiger partial charge in [0, 0.05) is 30.4 Å². The van der Waals surface area contributed by atoms with Crippen LogP contribution in [-0.2, 0) is 0 Å². The molecule has 2 heterocycles. The van der Waals surface area contributed by atoms with Gasteiger partial charge in [-0.05, 0) is 36.4 Å². The number of aromatic nitrogens is 1. The van der Waals surface area contributed by atoms with E-state index in [1.54, 1.807) is 18.5 Å². The largest absolute Gasteiger partial charge is 0.487 e. The number of nitrogen functional groups attached to an aromatic ring is 1. The molecular formula is C22H24N4O2. The molecule has 1 aliphatic rings. The minimum absolute atomic E-state index is 0.150. The molecule has 0 amide bonds. The maximum absolute atomic E-state index is 10.5. The van der Waals surface area contributed by atoms with E-state index in [9.17, 15) is 5.11 Å². The summed E-state index contributed by atoms with van der Waals surface area (Å²) >= 11 is 0. The first-order valence-electron chi connectivity index (χ1n) is 9.40. The molecule has 2 atom stereocenters. The van der Waals surface area contributed by atoms with Crippen molar-refractivity contribution in [1.29, 1.82) is 0 Å². The van der Waals surface area contributed by atoms with Gasteiger partial charge in [0.05, 0.1) is 24.1 Å². The average Bonchev–Trinajstić information content (AvgIpc) is 3.19. The zero-order valence-electron chi connectivity index (χ0n) is 15.5. The van der Waals surface area contributed by atoms with Crippen molar-refractivity contribution in [3.05, 3.63) is 78.6 Å². The fourth-order valence-corrected chi connectivity index (χ4v) is 3.39. The summed E-state index contributed by atoms with van der Waals surface area (Å²) < 4.78 is 6.00. The summed E-state index contributed by atoms with van der Waals surface area (Å²) in [6.07, 6.45) is 3.78. The van der Waals surface area contributed by atoms with Crippen molar-refractivity contribution in [2.45, 2.75) is 18.8 Å². The lowest BCUT2D eigenvalue weighted by atomic mass is 10.1. The van der Waals surface area contributed by atoms with E-state index < -0.39 is 6.23 Å². The zero-order valence-corrected chi connectivity index (χ0v) is 15.5. The van der Waals surface area contributed by atoms with Crippen molar-refractivity contribution in [3.8, 4) is 5.75 Å². The van der Waals surface area contributed by atoms with E-state index in [-0.39, 0.29) is 6.10 Å². The highest BCUT2D eigenvalue weighted by Gasteiger charge is 2.24. The summed E-state index contributed by atoms with van der Waals surface area (Å²) in [5, 5.41) is 13.5. The van der Waals surface area contributed by atoms with Gasteiger partial charge < -0.3 is 25.8 Å².